The maximum atomic E-state index is 11.8. The summed E-state index contributed by atoms with van der Waals surface area (Å²) in [6.07, 6.45) is 9.53. The highest BCUT2D eigenvalue weighted by molar-refractivity contribution is 7.12. The lowest BCUT2D eigenvalue weighted by Gasteiger charge is -2.26. The van der Waals surface area contributed by atoms with E-state index in [-0.39, 0.29) is 5.97 Å². The van der Waals surface area contributed by atoms with Gasteiger partial charge < -0.3 is 9.47 Å². The zero-order chi connectivity index (χ0) is 22.6. The van der Waals surface area contributed by atoms with Crippen LogP contribution in [0.4, 0.5) is 0 Å². The maximum Gasteiger partial charge on any atom is 0.348 e. The largest absolute Gasteiger partial charge is 0.492 e. The number of thiophene rings is 1. The summed E-state index contributed by atoms with van der Waals surface area (Å²) in [7, 11) is 1.38. The SMILES string of the molecule is COC(=O)c1cc(-c2cnn3cc(-c4ccc(OCCN5CCCCC5)cc4)cnc23)cs1. The third-order valence-electron chi connectivity index (χ3n) is 5.97. The molecule has 0 atom stereocenters. The third kappa shape index (κ3) is 4.77. The van der Waals surface area contributed by atoms with Crippen LogP contribution < -0.4 is 4.74 Å². The van der Waals surface area contributed by atoms with Crippen molar-refractivity contribution in [1.29, 1.82) is 0 Å². The first-order valence-electron chi connectivity index (χ1n) is 11.2. The van der Waals surface area contributed by atoms with E-state index in [0.29, 0.717) is 11.5 Å². The predicted octanol–water partition coefficient (Wildman–Crippen LogP) is 4.78. The van der Waals surface area contributed by atoms with Crippen molar-refractivity contribution in [2.45, 2.75) is 19.3 Å². The van der Waals surface area contributed by atoms with Gasteiger partial charge in [-0.05, 0) is 60.6 Å². The Kier molecular flexibility index (Phi) is 6.37. The number of carbonyl (C=O) groups excluding carboxylic acids is 1. The molecule has 0 unspecified atom stereocenters. The number of carbonyl (C=O) groups is 1. The second-order valence-electron chi connectivity index (χ2n) is 8.14. The van der Waals surface area contributed by atoms with Crippen LogP contribution in [0, 0.1) is 0 Å². The van der Waals surface area contributed by atoms with E-state index in [1.54, 1.807) is 10.7 Å². The molecule has 1 aliphatic heterocycles. The Morgan fingerprint density at radius 3 is 2.67 bits per heavy atom. The van der Waals surface area contributed by atoms with Gasteiger partial charge in [0.2, 0.25) is 0 Å². The first kappa shape index (κ1) is 21.6. The molecule has 0 spiro atoms. The molecule has 0 amide bonds. The molecule has 1 fully saturated rings. The number of fused-ring (bicyclic) bond motifs is 1. The van der Waals surface area contributed by atoms with E-state index in [0.717, 1.165) is 40.2 Å². The van der Waals surface area contributed by atoms with Crippen LogP contribution in [0.25, 0.3) is 27.9 Å². The molecule has 1 aromatic carbocycles. The van der Waals surface area contributed by atoms with Crippen LogP contribution in [0.5, 0.6) is 5.75 Å². The fourth-order valence-electron chi connectivity index (χ4n) is 4.13. The topological polar surface area (TPSA) is 69.0 Å². The number of ether oxygens (including phenoxy) is 2. The molecule has 0 saturated carbocycles. The zero-order valence-corrected chi connectivity index (χ0v) is 19.4. The van der Waals surface area contributed by atoms with Gasteiger partial charge >= 0.3 is 5.97 Å². The summed E-state index contributed by atoms with van der Waals surface area (Å²) in [6.45, 7) is 4.07. The molecule has 0 aliphatic carbocycles. The molecular weight excluding hydrogens is 436 g/mol. The van der Waals surface area contributed by atoms with Crippen LogP contribution in [-0.4, -0.2) is 58.8 Å². The summed E-state index contributed by atoms with van der Waals surface area (Å²) in [4.78, 5) is 19.4. The Morgan fingerprint density at radius 1 is 1.06 bits per heavy atom. The summed E-state index contributed by atoms with van der Waals surface area (Å²) >= 11 is 1.35. The van der Waals surface area contributed by atoms with Crippen LogP contribution in [0.15, 0.2) is 54.3 Å². The molecule has 7 nitrogen and oxygen atoms in total. The number of methoxy groups -OCH3 is 1. The third-order valence-corrected chi connectivity index (χ3v) is 6.88. The van der Waals surface area contributed by atoms with Crippen molar-refractivity contribution in [2.24, 2.45) is 0 Å². The van der Waals surface area contributed by atoms with Crippen molar-refractivity contribution >= 4 is 23.0 Å². The highest BCUT2D eigenvalue weighted by atomic mass is 32.1. The predicted molar refractivity (Wildman–Crippen MR) is 129 cm³/mol. The number of nitrogens with zero attached hydrogens (tertiary/aromatic N) is 4. The number of likely N-dealkylation sites (tertiary alicyclic amines) is 1. The average Bonchev–Trinajstić information content (AvgIpc) is 3.51. The first-order valence-corrected chi connectivity index (χ1v) is 12.1. The van der Waals surface area contributed by atoms with Crippen LogP contribution in [0.2, 0.25) is 0 Å². The molecule has 3 aromatic heterocycles. The number of hydrogen-bond acceptors (Lipinski definition) is 7. The lowest BCUT2D eigenvalue weighted by atomic mass is 10.1. The van der Waals surface area contributed by atoms with E-state index in [1.165, 1.54) is 50.8 Å². The highest BCUT2D eigenvalue weighted by Gasteiger charge is 2.15. The fourth-order valence-corrected chi connectivity index (χ4v) is 4.96. The normalized spacial score (nSPS) is 14.5. The molecule has 0 N–H and O–H groups in total. The standard InChI is InChI=1S/C25H26N4O3S/c1-31-25(30)23-13-19(17-33-23)22-15-27-29-16-20(14-26-24(22)29)18-5-7-21(8-6-18)32-12-11-28-9-3-2-4-10-28/h5-8,13-17H,2-4,9-12H2,1H3. The molecule has 4 aromatic rings. The van der Waals surface area contributed by atoms with E-state index in [1.807, 2.05) is 48.1 Å². The molecule has 33 heavy (non-hydrogen) atoms. The van der Waals surface area contributed by atoms with E-state index in [9.17, 15) is 4.79 Å². The Bertz CT molecular complexity index is 1240. The minimum atomic E-state index is -0.336. The number of benzene rings is 1. The number of aromatic nitrogens is 3. The molecular formula is C25H26N4O3S. The smallest absolute Gasteiger partial charge is 0.348 e. The first-order chi connectivity index (χ1) is 16.2. The summed E-state index contributed by atoms with van der Waals surface area (Å²) in [5.41, 5.74) is 4.55. The molecule has 0 radical (unpaired) electrons. The minimum absolute atomic E-state index is 0.336. The summed E-state index contributed by atoms with van der Waals surface area (Å²) < 4.78 is 12.5. The van der Waals surface area contributed by atoms with E-state index < -0.39 is 0 Å². The van der Waals surface area contributed by atoms with Crippen LogP contribution in [0.1, 0.15) is 28.9 Å². The Hall–Kier alpha value is -3.23. The molecule has 4 heterocycles. The van der Waals surface area contributed by atoms with Crippen LogP contribution in [-0.2, 0) is 4.74 Å². The maximum absolute atomic E-state index is 11.8. The molecule has 0 bridgehead atoms. The van der Waals surface area contributed by atoms with Gasteiger partial charge in [-0.25, -0.2) is 14.3 Å². The van der Waals surface area contributed by atoms with Crippen molar-refractivity contribution in [3.63, 3.8) is 0 Å². The lowest BCUT2D eigenvalue weighted by Crippen LogP contribution is -2.33. The van der Waals surface area contributed by atoms with Gasteiger partial charge in [0.15, 0.2) is 5.65 Å². The van der Waals surface area contributed by atoms with E-state index in [2.05, 4.69) is 15.0 Å². The quantitative estimate of drug-likeness (QED) is 0.368. The van der Waals surface area contributed by atoms with Gasteiger partial charge in [0, 0.05) is 30.1 Å². The van der Waals surface area contributed by atoms with Crippen molar-refractivity contribution in [1.82, 2.24) is 19.5 Å². The van der Waals surface area contributed by atoms with Gasteiger partial charge in [0.05, 0.1) is 13.3 Å². The van der Waals surface area contributed by atoms with Crippen LogP contribution >= 0.6 is 11.3 Å². The van der Waals surface area contributed by atoms with Crippen molar-refractivity contribution in [3.05, 3.63) is 59.2 Å². The van der Waals surface area contributed by atoms with Gasteiger partial charge in [-0.3, -0.25) is 4.90 Å². The van der Waals surface area contributed by atoms with E-state index >= 15 is 0 Å². The highest BCUT2D eigenvalue weighted by Crippen LogP contribution is 2.30. The van der Waals surface area contributed by atoms with Gasteiger partial charge in [0.25, 0.3) is 0 Å². The zero-order valence-electron chi connectivity index (χ0n) is 18.6. The van der Waals surface area contributed by atoms with Crippen molar-refractivity contribution in [3.8, 4) is 28.0 Å². The monoisotopic (exact) mass is 462 g/mol. The molecule has 170 valence electrons. The Morgan fingerprint density at radius 2 is 1.88 bits per heavy atom. The number of rotatable bonds is 7. The number of hydrogen-bond donors (Lipinski definition) is 0. The summed E-state index contributed by atoms with van der Waals surface area (Å²) in [6, 6.07) is 9.91. The van der Waals surface area contributed by atoms with Crippen molar-refractivity contribution < 1.29 is 14.3 Å². The summed E-state index contributed by atoms with van der Waals surface area (Å²) in [5, 5.41) is 6.39. The van der Waals surface area contributed by atoms with Crippen LogP contribution in [0.3, 0.4) is 0 Å². The molecule has 1 saturated heterocycles. The van der Waals surface area contributed by atoms with Gasteiger partial charge in [-0.15, -0.1) is 11.3 Å². The Labute approximate surface area is 196 Å². The van der Waals surface area contributed by atoms with Gasteiger partial charge in [-0.2, -0.15) is 5.10 Å². The lowest BCUT2D eigenvalue weighted by molar-refractivity contribution is 0.0606. The minimum Gasteiger partial charge on any atom is -0.492 e. The summed E-state index contributed by atoms with van der Waals surface area (Å²) in [5.74, 6) is 0.543. The fraction of sp³-hybridized carbons (Fsp3) is 0.320. The van der Waals surface area contributed by atoms with Gasteiger partial charge in [0.1, 0.15) is 17.2 Å². The average molecular weight is 463 g/mol. The molecule has 5 rings (SSSR count). The molecule has 1 aliphatic rings. The second-order valence-corrected chi connectivity index (χ2v) is 9.05. The number of piperidine rings is 1. The van der Waals surface area contributed by atoms with E-state index in [4.69, 9.17) is 9.47 Å². The van der Waals surface area contributed by atoms with Crippen molar-refractivity contribution in [2.75, 3.05) is 33.4 Å². The second kappa shape index (κ2) is 9.72. The number of esters is 1. The Balaban J connectivity index is 1.27. The van der Waals surface area contributed by atoms with Gasteiger partial charge in [-0.1, -0.05) is 18.6 Å². The molecule has 8 heteroatoms.